The van der Waals surface area contributed by atoms with E-state index in [1.165, 1.54) is 0 Å². The van der Waals surface area contributed by atoms with Crippen molar-refractivity contribution in [2.24, 2.45) is 0 Å². The van der Waals surface area contributed by atoms with Crippen LogP contribution in [0.2, 0.25) is 0 Å². The predicted molar refractivity (Wildman–Crippen MR) is 56.0 cm³/mol. The first-order chi connectivity index (χ1) is 6.68. The van der Waals surface area contributed by atoms with Gasteiger partial charge in [0.25, 0.3) is 0 Å². The average Bonchev–Trinajstić information content (AvgIpc) is 2.16. The van der Waals surface area contributed by atoms with Crippen molar-refractivity contribution >= 4 is 0 Å². The number of unbranched alkanes of at least 4 members (excludes halogenated alkanes) is 5. The fourth-order valence-corrected chi connectivity index (χ4v) is 1.40. The van der Waals surface area contributed by atoms with Crippen LogP contribution in [-0.2, 0) is 0 Å². The third kappa shape index (κ3) is 8.45. The van der Waals surface area contributed by atoms with Crippen molar-refractivity contribution in [2.45, 2.75) is 64.1 Å². The Balaban J connectivity index is 3.06. The van der Waals surface area contributed by atoms with Gasteiger partial charge in [-0.25, -0.2) is 0 Å². The van der Waals surface area contributed by atoms with Crippen molar-refractivity contribution in [1.29, 1.82) is 0 Å². The summed E-state index contributed by atoms with van der Waals surface area (Å²) in [4.78, 5) is 0. The maximum Gasteiger partial charge on any atom is 0.0894 e. The Morgan fingerprint density at radius 3 is 1.93 bits per heavy atom. The number of aliphatic hydroxyl groups excluding tert-OH is 2. The van der Waals surface area contributed by atoms with E-state index in [4.69, 9.17) is 5.11 Å². The molecule has 3 heteroatoms. The monoisotopic (exact) mass is 206 g/mol. The second kappa shape index (κ2) is 9.41. The van der Waals surface area contributed by atoms with Crippen molar-refractivity contribution in [2.75, 3.05) is 6.67 Å². The van der Waals surface area contributed by atoms with Crippen LogP contribution in [0.1, 0.15) is 51.9 Å². The number of rotatable bonds is 9. The minimum absolute atomic E-state index is 0.208. The molecule has 0 aromatic rings. The van der Waals surface area contributed by atoms with Crippen LogP contribution in [0, 0.1) is 0 Å². The fourth-order valence-electron chi connectivity index (χ4n) is 1.40. The van der Waals surface area contributed by atoms with E-state index in [9.17, 15) is 9.50 Å². The van der Waals surface area contributed by atoms with E-state index < -0.39 is 12.2 Å². The lowest BCUT2D eigenvalue weighted by molar-refractivity contribution is 0.0247. The van der Waals surface area contributed by atoms with Gasteiger partial charge in [0.1, 0.15) is 0 Å². The van der Waals surface area contributed by atoms with Crippen LogP contribution in [0.3, 0.4) is 0 Å². The van der Waals surface area contributed by atoms with Crippen LogP contribution in [-0.4, -0.2) is 29.1 Å². The fraction of sp³-hybridized carbons (Fsp3) is 1.00. The molecule has 86 valence electrons. The smallest absolute Gasteiger partial charge is 0.0894 e. The maximum atomic E-state index is 11.7. The number of hydrogen-bond donors (Lipinski definition) is 2. The quantitative estimate of drug-likeness (QED) is 0.569. The minimum atomic E-state index is -0.624. The standard InChI is InChI=1S/C11H23FO2/c1-10(13)11(14)8-6-4-2-3-5-7-9-12/h10-11,13-14H,2-9H2,1H3. The lowest BCUT2D eigenvalue weighted by atomic mass is 10.0. The molecule has 0 radical (unpaired) electrons. The number of aliphatic hydroxyl groups is 2. The molecule has 2 atom stereocenters. The Morgan fingerprint density at radius 2 is 1.43 bits per heavy atom. The lowest BCUT2D eigenvalue weighted by Gasteiger charge is -2.12. The molecule has 0 rings (SSSR count). The van der Waals surface area contributed by atoms with Gasteiger partial charge in [-0.1, -0.05) is 32.1 Å². The van der Waals surface area contributed by atoms with Gasteiger partial charge in [-0.15, -0.1) is 0 Å². The number of hydrogen-bond acceptors (Lipinski definition) is 2. The molecule has 0 aliphatic carbocycles. The Labute approximate surface area is 86.1 Å². The highest BCUT2D eigenvalue weighted by Crippen LogP contribution is 2.10. The molecule has 0 spiro atoms. The first kappa shape index (κ1) is 13.8. The summed E-state index contributed by atoms with van der Waals surface area (Å²) in [5, 5.41) is 18.3. The highest BCUT2D eigenvalue weighted by molar-refractivity contribution is 4.61. The van der Waals surface area contributed by atoms with Crippen molar-refractivity contribution < 1.29 is 14.6 Å². The molecule has 0 amide bonds. The predicted octanol–water partition coefficient (Wildman–Crippen LogP) is 2.43. The van der Waals surface area contributed by atoms with Crippen molar-refractivity contribution in [3.8, 4) is 0 Å². The van der Waals surface area contributed by atoms with E-state index in [2.05, 4.69) is 0 Å². The molecular weight excluding hydrogens is 183 g/mol. The first-order valence-electron chi connectivity index (χ1n) is 5.60. The molecule has 0 aliphatic rings. The zero-order valence-electron chi connectivity index (χ0n) is 9.08. The van der Waals surface area contributed by atoms with Gasteiger partial charge in [0, 0.05) is 0 Å². The molecule has 0 aromatic heterocycles. The van der Waals surface area contributed by atoms with E-state index in [-0.39, 0.29) is 6.67 Å². The topological polar surface area (TPSA) is 40.5 Å². The van der Waals surface area contributed by atoms with Gasteiger partial charge < -0.3 is 10.2 Å². The summed E-state index contributed by atoms with van der Waals surface area (Å²) in [5.41, 5.74) is 0. The van der Waals surface area contributed by atoms with E-state index in [0.717, 1.165) is 32.1 Å². The average molecular weight is 206 g/mol. The highest BCUT2D eigenvalue weighted by Gasteiger charge is 2.09. The minimum Gasteiger partial charge on any atom is -0.391 e. The van der Waals surface area contributed by atoms with Crippen LogP contribution >= 0.6 is 0 Å². The van der Waals surface area contributed by atoms with Gasteiger partial charge in [-0.05, 0) is 19.8 Å². The van der Waals surface area contributed by atoms with E-state index >= 15 is 0 Å². The van der Waals surface area contributed by atoms with Crippen molar-refractivity contribution in [3.63, 3.8) is 0 Å². The van der Waals surface area contributed by atoms with Crippen LogP contribution in [0.4, 0.5) is 4.39 Å². The third-order valence-corrected chi connectivity index (χ3v) is 2.44. The van der Waals surface area contributed by atoms with Gasteiger partial charge in [0.05, 0.1) is 18.9 Å². The lowest BCUT2D eigenvalue weighted by Crippen LogP contribution is -2.21. The molecular formula is C11H23FO2. The Bertz CT molecular complexity index is 118. The largest absolute Gasteiger partial charge is 0.391 e. The van der Waals surface area contributed by atoms with E-state index in [1.54, 1.807) is 6.92 Å². The Hall–Kier alpha value is -0.150. The summed E-state index contributed by atoms with van der Waals surface area (Å²) in [6.45, 7) is 1.40. The van der Waals surface area contributed by atoms with E-state index in [1.807, 2.05) is 0 Å². The van der Waals surface area contributed by atoms with Crippen molar-refractivity contribution in [1.82, 2.24) is 0 Å². The van der Waals surface area contributed by atoms with Crippen LogP contribution in [0.25, 0.3) is 0 Å². The summed E-state index contributed by atoms with van der Waals surface area (Å²) >= 11 is 0. The SMILES string of the molecule is CC(O)C(O)CCCCCCCCF. The third-order valence-electron chi connectivity index (χ3n) is 2.44. The number of halogens is 1. The van der Waals surface area contributed by atoms with Crippen molar-refractivity contribution in [3.05, 3.63) is 0 Å². The number of alkyl halides is 1. The van der Waals surface area contributed by atoms with Gasteiger partial charge in [0.15, 0.2) is 0 Å². The Morgan fingerprint density at radius 1 is 0.929 bits per heavy atom. The molecule has 0 aromatic carbocycles. The summed E-state index contributed by atoms with van der Waals surface area (Å²) < 4.78 is 11.7. The van der Waals surface area contributed by atoms with Gasteiger partial charge in [-0.3, -0.25) is 4.39 Å². The summed E-state index contributed by atoms with van der Waals surface area (Å²) in [7, 11) is 0. The molecule has 0 saturated heterocycles. The normalized spacial score (nSPS) is 15.4. The molecule has 0 aliphatic heterocycles. The second-order valence-corrected chi connectivity index (χ2v) is 3.91. The molecule has 0 bridgehead atoms. The zero-order valence-corrected chi connectivity index (χ0v) is 9.08. The molecule has 0 saturated carbocycles. The maximum absolute atomic E-state index is 11.7. The van der Waals surface area contributed by atoms with Crippen LogP contribution in [0.15, 0.2) is 0 Å². The molecule has 0 heterocycles. The van der Waals surface area contributed by atoms with Gasteiger partial charge in [-0.2, -0.15) is 0 Å². The van der Waals surface area contributed by atoms with Gasteiger partial charge in [0.2, 0.25) is 0 Å². The summed E-state index contributed by atoms with van der Waals surface area (Å²) in [6.07, 6.45) is 5.30. The molecule has 2 unspecified atom stereocenters. The molecule has 2 nitrogen and oxygen atoms in total. The molecule has 0 fully saturated rings. The summed E-state index contributed by atoms with van der Waals surface area (Å²) in [6, 6.07) is 0. The first-order valence-corrected chi connectivity index (χ1v) is 5.60. The molecule has 14 heavy (non-hydrogen) atoms. The van der Waals surface area contributed by atoms with Crippen LogP contribution < -0.4 is 0 Å². The Kier molecular flexibility index (Phi) is 9.31. The highest BCUT2D eigenvalue weighted by atomic mass is 19.1. The van der Waals surface area contributed by atoms with Gasteiger partial charge >= 0.3 is 0 Å². The van der Waals surface area contributed by atoms with E-state index in [0.29, 0.717) is 12.8 Å². The zero-order chi connectivity index (χ0) is 10.8. The second-order valence-electron chi connectivity index (χ2n) is 3.91. The van der Waals surface area contributed by atoms with Crippen LogP contribution in [0.5, 0.6) is 0 Å². The molecule has 2 N–H and O–H groups in total. The summed E-state index contributed by atoms with van der Waals surface area (Å²) in [5.74, 6) is 0.